The Kier molecular flexibility index (Phi) is 6.95. The van der Waals surface area contributed by atoms with Crippen molar-refractivity contribution in [1.29, 1.82) is 0 Å². The molecule has 1 N–H and O–H groups in total. The van der Waals surface area contributed by atoms with Crippen LogP contribution in [0.4, 0.5) is 0 Å². The lowest BCUT2D eigenvalue weighted by Gasteiger charge is -2.30. The van der Waals surface area contributed by atoms with Gasteiger partial charge in [-0.1, -0.05) is 13.0 Å². The number of carbonyl (C=O) groups excluding carboxylic acids is 1. The van der Waals surface area contributed by atoms with Gasteiger partial charge in [0.1, 0.15) is 5.75 Å². The first-order valence-electron chi connectivity index (χ1n) is 10.4. The number of piperidine rings is 1. The average Bonchev–Trinajstić information content (AvgIpc) is 2.66. The Bertz CT molecular complexity index is 594. The number of fused-ring (bicyclic) bond motifs is 1. The summed E-state index contributed by atoms with van der Waals surface area (Å²) in [4.78, 5) is 14.8. The molecule has 1 aromatic rings. The minimum atomic E-state index is -0.451. The van der Waals surface area contributed by atoms with E-state index in [0.717, 1.165) is 37.6 Å². The van der Waals surface area contributed by atoms with E-state index in [4.69, 9.17) is 4.74 Å². The summed E-state index contributed by atoms with van der Waals surface area (Å²) in [5.41, 5.74) is 2.82. The van der Waals surface area contributed by atoms with Gasteiger partial charge < -0.3 is 15.0 Å². The lowest BCUT2D eigenvalue weighted by atomic mass is 9.92. The van der Waals surface area contributed by atoms with Crippen molar-refractivity contribution in [3.05, 3.63) is 29.3 Å². The molecule has 144 valence electrons. The van der Waals surface area contributed by atoms with Crippen LogP contribution in [0.2, 0.25) is 0 Å². The predicted molar refractivity (Wildman–Crippen MR) is 106 cm³/mol. The van der Waals surface area contributed by atoms with E-state index in [-0.39, 0.29) is 5.91 Å². The molecule has 1 saturated heterocycles. The smallest absolute Gasteiger partial charge is 0.260 e. The van der Waals surface area contributed by atoms with Crippen LogP contribution in [-0.4, -0.2) is 43.1 Å². The molecule has 1 amide bonds. The van der Waals surface area contributed by atoms with Gasteiger partial charge in [0, 0.05) is 6.54 Å². The summed E-state index contributed by atoms with van der Waals surface area (Å²) in [5, 5.41) is 3.02. The van der Waals surface area contributed by atoms with Crippen LogP contribution in [0.15, 0.2) is 18.2 Å². The zero-order valence-electron chi connectivity index (χ0n) is 16.4. The second-order valence-corrected chi connectivity index (χ2v) is 8.07. The maximum Gasteiger partial charge on any atom is 0.260 e. The molecule has 4 heteroatoms. The zero-order valence-corrected chi connectivity index (χ0v) is 16.4. The second-order valence-electron chi connectivity index (χ2n) is 8.07. The molecule has 0 unspecified atom stereocenters. The Labute approximate surface area is 158 Å². The Morgan fingerprint density at radius 1 is 1.23 bits per heavy atom. The third kappa shape index (κ3) is 5.47. The van der Waals surface area contributed by atoms with Crippen molar-refractivity contribution in [3.8, 4) is 5.75 Å². The molecule has 1 heterocycles. The fraction of sp³-hybridized carbons (Fsp3) is 0.682. The summed E-state index contributed by atoms with van der Waals surface area (Å²) < 4.78 is 5.88. The van der Waals surface area contributed by atoms with Crippen molar-refractivity contribution >= 4 is 5.91 Å². The largest absolute Gasteiger partial charge is 0.481 e. The van der Waals surface area contributed by atoms with E-state index in [1.165, 1.54) is 56.3 Å². The minimum absolute atomic E-state index is 0.0185. The van der Waals surface area contributed by atoms with Gasteiger partial charge in [-0.2, -0.15) is 0 Å². The number of nitrogens with zero attached hydrogens (tertiary/aromatic N) is 1. The Hall–Kier alpha value is -1.55. The van der Waals surface area contributed by atoms with E-state index in [1.807, 2.05) is 13.0 Å². The first-order valence-corrected chi connectivity index (χ1v) is 10.4. The number of aryl methyl sites for hydroxylation is 2. The lowest BCUT2D eigenvalue weighted by Crippen LogP contribution is -2.39. The van der Waals surface area contributed by atoms with E-state index in [2.05, 4.69) is 29.3 Å². The summed E-state index contributed by atoms with van der Waals surface area (Å²) in [6.07, 6.45) is 7.99. The minimum Gasteiger partial charge on any atom is -0.481 e. The number of ether oxygens (including phenoxy) is 1. The van der Waals surface area contributed by atoms with Gasteiger partial charge >= 0.3 is 0 Å². The topological polar surface area (TPSA) is 41.6 Å². The summed E-state index contributed by atoms with van der Waals surface area (Å²) in [6, 6.07) is 6.29. The fourth-order valence-electron chi connectivity index (χ4n) is 3.98. The highest BCUT2D eigenvalue weighted by Gasteiger charge is 2.17. The van der Waals surface area contributed by atoms with Crippen molar-refractivity contribution in [3.63, 3.8) is 0 Å². The Morgan fingerprint density at radius 2 is 1.96 bits per heavy atom. The molecule has 1 aromatic carbocycles. The van der Waals surface area contributed by atoms with E-state index in [0.29, 0.717) is 0 Å². The van der Waals surface area contributed by atoms with Crippen LogP contribution < -0.4 is 10.1 Å². The maximum atomic E-state index is 12.3. The molecule has 0 saturated carbocycles. The van der Waals surface area contributed by atoms with Crippen molar-refractivity contribution in [1.82, 2.24) is 10.2 Å². The molecule has 1 aliphatic carbocycles. The number of amides is 1. The number of nitrogens with one attached hydrogen (secondary N) is 1. The summed E-state index contributed by atoms with van der Waals surface area (Å²) in [7, 11) is 0. The highest BCUT2D eigenvalue weighted by atomic mass is 16.5. The highest BCUT2D eigenvalue weighted by molar-refractivity contribution is 5.80. The third-order valence-electron chi connectivity index (χ3n) is 5.83. The quantitative estimate of drug-likeness (QED) is 0.758. The van der Waals surface area contributed by atoms with E-state index in [1.54, 1.807) is 0 Å². The molecule has 26 heavy (non-hydrogen) atoms. The normalized spacial score (nSPS) is 19.6. The van der Waals surface area contributed by atoms with E-state index >= 15 is 0 Å². The van der Waals surface area contributed by atoms with Gasteiger partial charge in [-0.25, -0.2) is 0 Å². The summed E-state index contributed by atoms with van der Waals surface area (Å²) in [6.45, 7) is 8.37. The van der Waals surface area contributed by atoms with E-state index < -0.39 is 6.10 Å². The Balaban J connectivity index is 1.36. The standard InChI is InChI=1S/C22H34N2O2/c1-17-10-14-24(15-11-17)13-5-12-23-22(25)18(2)26-21-9-8-19-6-3-4-7-20(19)16-21/h8-9,16-18H,3-7,10-15H2,1-2H3,(H,23,25)/t18-/m1/s1. The molecule has 0 spiro atoms. The molecular weight excluding hydrogens is 324 g/mol. The molecular formula is C22H34N2O2. The van der Waals surface area contributed by atoms with Crippen LogP contribution in [0.3, 0.4) is 0 Å². The summed E-state index contributed by atoms with van der Waals surface area (Å²) in [5.74, 6) is 1.67. The first kappa shape index (κ1) is 19.2. The van der Waals surface area contributed by atoms with Crippen LogP contribution in [0, 0.1) is 5.92 Å². The molecule has 0 radical (unpaired) electrons. The van der Waals surface area contributed by atoms with Gasteiger partial charge in [-0.3, -0.25) is 4.79 Å². The predicted octanol–water partition coefficient (Wildman–Crippen LogP) is 3.57. The number of likely N-dealkylation sites (tertiary alicyclic amines) is 1. The van der Waals surface area contributed by atoms with Gasteiger partial charge in [0.05, 0.1) is 0 Å². The van der Waals surface area contributed by atoms with Crippen LogP contribution in [0.1, 0.15) is 57.1 Å². The number of rotatable bonds is 7. The van der Waals surface area contributed by atoms with Crippen LogP contribution in [-0.2, 0) is 17.6 Å². The van der Waals surface area contributed by atoms with Crippen molar-refractivity contribution in [2.75, 3.05) is 26.2 Å². The number of carbonyl (C=O) groups is 1. The van der Waals surface area contributed by atoms with Gasteiger partial charge in [-0.05, 0) is 101 Å². The first-order chi connectivity index (χ1) is 12.6. The monoisotopic (exact) mass is 358 g/mol. The SMILES string of the molecule is CC1CCN(CCCNC(=O)[C@@H](C)Oc2ccc3c(c2)CCCC3)CC1. The van der Waals surface area contributed by atoms with Crippen molar-refractivity contribution in [2.45, 2.75) is 64.9 Å². The zero-order chi connectivity index (χ0) is 18.4. The van der Waals surface area contributed by atoms with Gasteiger partial charge in [0.15, 0.2) is 6.10 Å². The molecule has 4 nitrogen and oxygen atoms in total. The molecule has 1 fully saturated rings. The molecule has 0 bridgehead atoms. The second kappa shape index (κ2) is 9.40. The van der Waals surface area contributed by atoms with Crippen molar-refractivity contribution < 1.29 is 9.53 Å². The molecule has 3 rings (SSSR count). The Morgan fingerprint density at radius 3 is 2.73 bits per heavy atom. The molecule has 0 aromatic heterocycles. The van der Waals surface area contributed by atoms with Gasteiger partial charge in [-0.15, -0.1) is 0 Å². The van der Waals surface area contributed by atoms with E-state index in [9.17, 15) is 4.79 Å². The maximum absolute atomic E-state index is 12.3. The molecule has 1 aliphatic heterocycles. The van der Waals surface area contributed by atoms with Crippen LogP contribution in [0.5, 0.6) is 5.75 Å². The number of hydrogen-bond donors (Lipinski definition) is 1. The average molecular weight is 359 g/mol. The molecule has 1 atom stereocenters. The summed E-state index contributed by atoms with van der Waals surface area (Å²) >= 11 is 0. The number of benzene rings is 1. The van der Waals surface area contributed by atoms with Crippen LogP contribution in [0.25, 0.3) is 0 Å². The lowest BCUT2D eigenvalue weighted by molar-refractivity contribution is -0.127. The van der Waals surface area contributed by atoms with Gasteiger partial charge in [0.25, 0.3) is 5.91 Å². The fourth-order valence-corrected chi connectivity index (χ4v) is 3.98. The van der Waals surface area contributed by atoms with Crippen molar-refractivity contribution in [2.24, 2.45) is 5.92 Å². The highest BCUT2D eigenvalue weighted by Crippen LogP contribution is 2.25. The molecule has 2 aliphatic rings. The van der Waals surface area contributed by atoms with Gasteiger partial charge in [0.2, 0.25) is 0 Å². The number of hydrogen-bond acceptors (Lipinski definition) is 3. The third-order valence-corrected chi connectivity index (χ3v) is 5.83. The van der Waals surface area contributed by atoms with Crippen LogP contribution >= 0.6 is 0 Å².